The molecule has 1 amide bonds. The summed E-state index contributed by atoms with van der Waals surface area (Å²) in [5, 5.41) is 2.80. The lowest BCUT2D eigenvalue weighted by Crippen LogP contribution is -2.26. The van der Waals surface area contributed by atoms with Crippen LogP contribution in [-0.2, 0) is 14.3 Å². The number of hydrogen-bond acceptors (Lipinski definition) is 3. The highest BCUT2D eigenvalue weighted by Gasteiger charge is 2.40. The van der Waals surface area contributed by atoms with Crippen molar-refractivity contribution in [3.8, 4) is 0 Å². The lowest BCUT2D eigenvalue weighted by Gasteiger charge is -2.16. The van der Waals surface area contributed by atoms with Gasteiger partial charge in [0.1, 0.15) is 0 Å². The van der Waals surface area contributed by atoms with Crippen LogP contribution in [0.25, 0.3) is 0 Å². The van der Waals surface area contributed by atoms with Gasteiger partial charge in [0.05, 0.1) is 5.92 Å². The first-order valence-corrected chi connectivity index (χ1v) is 7.75. The first-order chi connectivity index (χ1) is 10.5. The highest BCUT2D eigenvalue weighted by atomic mass is 16.5. The monoisotopic (exact) mass is 299 g/mol. The van der Waals surface area contributed by atoms with Gasteiger partial charge in [-0.15, -0.1) is 0 Å². The average Bonchev–Trinajstić information content (AvgIpc) is 3.11. The van der Waals surface area contributed by atoms with Gasteiger partial charge in [0.2, 0.25) is 0 Å². The fraction of sp³-hybridized carbons (Fsp3) is 0.444. The second-order valence-corrected chi connectivity index (χ2v) is 6.36. The molecule has 4 heteroatoms. The van der Waals surface area contributed by atoms with Crippen LogP contribution in [0.2, 0.25) is 0 Å². The van der Waals surface area contributed by atoms with Crippen LogP contribution in [0.15, 0.2) is 30.4 Å². The Bertz CT molecular complexity index is 635. The van der Waals surface area contributed by atoms with Gasteiger partial charge in [0.15, 0.2) is 6.61 Å². The second kappa shape index (κ2) is 5.95. The van der Waals surface area contributed by atoms with Crippen molar-refractivity contribution < 1.29 is 14.3 Å². The van der Waals surface area contributed by atoms with Crippen molar-refractivity contribution in [2.45, 2.75) is 26.7 Å². The number of benzene rings is 1. The zero-order valence-corrected chi connectivity index (χ0v) is 13.0. The van der Waals surface area contributed by atoms with Crippen LogP contribution in [-0.4, -0.2) is 18.5 Å². The molecule has 2 aliphatic carbocycles. The molecule has 0 heterocycles. The summed E-state index contributed by atoms with van der Waals surface area (Å²) in [5.41, 5.74) is 2.83. The van der Waals surface area contributed by atoms with Crippen LogP contribution < -0.4 is 5.32 Å². The molecule has 2 bridgehead atoms. The van der Waals surface area contributed by atoms with Gasteiger partial charge in [-0.05, 0) is 55.7 Å². The number of allylic oxidation sites excluding steroid dienone is 2. The van der Waals surface area contributed by atoms with Crippen LogP contribution in [0.3, 0.4) is 0 Å². The van der Waals surface area contributed by atoms with Crippen LogP contribution in [0.4, 0.5) is 5.69 Å². The highest BCUT2D eigenvalue weighted by molar-refractivity contribution is 5.93. The van der Waals surface area contributed by atoms with Crippen molar-refractivity contribution in [3.05, 3.63) is 41.5 Å². The number of ether oxygens (including phenoxy) is 1. The van der Waals surface area contributed by atoms with E-state index in [9.17, 15) is 9.59 Å². The smallest absolute Gasteiger partial charge is 0.310 e. The quantitative estimate of drug-likeness (QED) is 0.687. The summed E-state index contributed by atoms with van der Waals surface area (Å²) in [7, 11) is 0. The minimum Gasteiger partial charge on any atom is -0.455 e. The Morgan fingerprint density at radius 2 is 2.05 bits per heavy atom. The molecule has 2 aliphatic rings. The lowest BCUT2D eigenvalue weighted by molar-refractivity contribution is -0.152. The largest absolute Gasteiger partial charge is 0.455 e. The number of amides is 1. The number of nitrogens with one attached hydrogen (secondary N) is 1. The predicted molar refractivity (Wildman–Crippen MR) is 84.3 cm³/mol. The van der Waals surface area contributed by atoms with Gasteiger partial charge in [-0.1, -0.05) is 24.3 Å². The third-order valence-corrected chi connectivity index (χ3v) is 4.59. The standard InChI is InChI=1S/C18H21NO3/c1-11-3-4-12(2)16(7-11)19-17(20)10-22-18(21)15-9-13-5-6-14(15)8-13/h3-7,13-15H,8-10H2,1-2H3,(H,19,20). The molecule has 116 valence electrons. The molecule has 1 aromatic carbocycles. The lowest BCUT2D eigenvalue weighted by atomic mass is 9.94. The molecule has 1 aromatic rings. The highest BCUT2D eigenvalue weighted by Crippen LogP contribution is 2.43. The van der Waals surface area contributed by atoms with Gasteiger partial charge in [-0.25, -0.2) is 0 Å². The van der Waals surface area contributed by atoms with Gasteiger partial charge < -0.3 is 10.1 Å². The molecule has 3 unspecified atom stereocenters. The topological polar surface area (TPSA) is 55.4 Å². The van der Waals surface area contributed by atoms with E-state index < -0.39 is 0 Å². The van der Waals surface area contributed by atoms with Crippen LogP contribution in [0, 0.1) is 31.6 Å². The molecule has 0 aliphatic heterocycles. The minimum absolute atomic E-state index is 0.0662. The molecule has 3 atom stereocenters. The molecule has 22 heavy (non-hydrogen) atoms. The summed E-state index contributed by atoms with van der Waals surface area (Å²) in [6.07, 6.45) is 6.20. The number of aryl methyl sites for hydroxylation is 2. The number of fused-ring (bicyclic) bond motifs is 2. The second-order valence-electron chi connectivity index (χ2n) is 6.36. The zero-order valence-electron chi connectivity index (χ0n) is 13.0. The Morgan fingerprint density at radius 3 is 2.73 bits per heavy atom. The Hall–Kier alpha value is -2.10. The summed E-state index contributed by atoms with van der Waals surface area (Å²) in [4.78, 5) is 24.0. The van der Waals surface area contributed by atoms with Crippen molar-refractivity contribution in [3.63, 3.8) is 0 Å². The predicted octanol–water partition coefficient (Wildman–Crippen LogP) is 3.00. The van der Waals surface area contributed by atoms with Crippen LogP contribution >= 0.6 is 0 Å². The van der Waals surface area contributed by atoms with E-state index in [2.05, 4.69) is 17.5 Å². The number of esters is 1. The molecule has 3 rings (SSSR count). The van der Waals surface area contributed by atoms with Gasteiger partial charge in [0.25, 0.3) is 5.91 Å². The molecular weight excluding hydrogens is 278 g/mol. The molecule has 4 nitrogen and oxygen atoms in total. The first-order valence-electron chi connectivity index (χ1n) is 7.75. The Morgan fingerprint density at radius 1 is 1.23 bits per heavy atom. The van der Waals surface area contributed by atoms with Gasteiger partial charge in [-0.2, -0.15) is 0 Å². The molecule has 1 saturated carbocycles. The van der Waals surface area contributed by atoms with Gasteiger partial charge in [0, 0.05) is 5.69 Å². The van der Waals surface area contributed by atoms with Gasteiger partial charge >= 0.3 is 5.97 Å². The normalized spacial score (nSPS) is 25.3. The third-order valence-electron chi connectivity index (χ3n) is 4.59. The van der Waals surface area contributed by atoms with Crippen molar-refractivity contribution in [2.75, 3.05) is 11.9 Å². The molecule has 0 radical (unpaired) electrons. The van der Waals surface area contributed by atoms with Crippen molar-refractivity contribution in [1.29, 1.82) is 0 Å². The van der Waals surface area contributed by atoms with Crippen LogP contribution in [0.5, 0.6) is 0 Å². The van der Waals surface area contributed by atoms with E-state index in [1.54, 1.807) is 0 Å². The maximum absolute atomic E-state index is 12.1. The number of carbonyl (C=O) groups excluding carboxylic acids is 2. The fourth-order valence-corrected chi connectivity index (χ4v) is 3.35. The van der Waals surface area contributed by atoms with Crippen LogP contribution in [0.1, 0.15) is 24.0 Å². The molecule has 1 N–H and O–H groups in total. The minimum atomic E-state index is -0.291. The molecule has 0 aromatic heterocycles. The van der Waals surface area contributed by atoms with E-state index in [4.69, 9.17) is 4.74 Å². The SMILES string of the molecule is Cc1ccc(C)c(NC(=O)COC(=O)C2CC3C=CC2C3)c1. The Labute approximate surface area is 130 Å². The average molecular weight is 299 g/mol. The summed E-state index contributed by atoms with van der Waals surface area (Å²) in [6.45, 7) is 3.68. The van der Waals surface area contributed by atoms with Crippen molar-refractivity contribution in [1.82, 2.24) is 0 Å². The van der Waals surface area contributed by atoms with E-state index in [1.165, 1.54) is 0 Å². The van der Waals surface area contributed by atoms with E-state index in [0.29, 0.717) is 11.8 Å². The first kappa shape index (κ1) is 14.8. The maximum Gasteiger partial charge on any atom is 0.310 e. The Balaban J connectivity index is 1.51. The van der Waals surface area contributed by atoms with Crippen molar-refractivity contribution in [2.24, 2.45) is 17.8 Å². The molecule has 0 saturated heterocycles. The Kier molecular flexibility index (Phi) is 4.01. The van der Waals surface area contributed by atoms with Crippen molar-refractivity contribution >= 4 is 17.6 Å². The van der Waals surface area contributed by atoms with E-state index in [-0.39, 0.29) is 24.4 Å². The third kappa shape index (κ3) is 3.06. The molecule has 0 spiro atoms. The molecule has 1 fully saturated rings. The summed E-state index contributed by atoms with van der Waals surface area (Å²) < 4.78 is 5.20. The maximum atomic E-state index is 12.1. The number of hydrogen-bond donors (Lipinski definition) is 1. The summed E-state index contributed by atoms with van der Waals surface area (Å²) in [5.74, 6) is 0.225. The van der Waals surface area contributed by atoms with E-state index >= 15 is 0 Å². The summed E-state index contributed by atoms with van der Waals surface area (Å²) >= 11 is 0. The van der Waals surface area contributed by atoms with E-state index in [1.807, 2.05) is 32.0 Å². The summed E-state index contributed by atoms with van der Waals surface area (Å²) in [6, 6.07) is 5.86. The van der Waals surface area contributed by atoms with E-state index in [0.717, 1.165) is 29.7 Å². The number of carbonyl (C=O) groups is 2. The molecular formula is C18H21NO3. The number of anilines is 1. The fourth-order valence-electron chi connectivity index (χ4n) is 3.35. The number of rotatable bonds is 4. The zero-order chi connectivity index (χ0) is 15.7. The van der Waals surface area contributed by atoms with Gasteiger partial charge in [-0.3, -0.25) is 9.59 Å².